The number of aliphatic carboxylic acids is 1. The van der Waals surface area contributed by atoms with Gasteiger partial charge in [0.25, 0.3) is 0 Å². The van der Waals surface area contributed by atoms with Crippen LogP contribution in [0.15, 0.2) is 5.38 Å². The number of carboxylic acid groups (broad SMARTS) is 1. The van der Waals surface area contributed by atoms with Crippen LogP contribution >= 0.6 is 11.3 Å². The molecular weight excluding hydrogens is 266 g/mol. The molecule has 3 N–H and O–H groups in total. The number of aromatic nitrogens is 1. The average molecular weight is 285 g/mol. The molecule has 1 unspecified atom stereocenters. The van der Waals surface area contributed by atoms with E-state index >= 15 is 0 Å². The van der Waals surface area contributed by atoms with Crippen molar-refractivity contribution >= 4 is 23.3 Å². The van der Waals surface area contributed by atoms with Crippen molar-refractivity contribution in [2.45, 2.75) is 39.2 Å². The molecule has 0 bridgehead atoms. The largest absolute Gasteiger partial charge is 0.481 e. The Morgan fingerprint density at radius 3 is 2.79 bits per heavy atom. The number of carbonyl (C=O) groups is 2. The van der Waals surface area contributed by atoms with E-state index in [2.05, 4.69) is 15.6 Å². The maximum absolute atomic E-state index is 11.6. The van der Waals surface area contributed by atoms with Gasteiger partial charge < -0.3 is 15.7 Å². The van der Waals surface area contributed by atoms with Crippen LogP contribution in [0.2, 0.25) is 0 Å². The van der Waals surface area contributed by atoms with Crippen molar-refractivity contribution in [1.82, 2.24) is 15.6 Å². The summed E-state index contributed by atoms with van der Waals surface area (Å²) < 4.78 is 0. The van der Waals surface area contributed by atoms with Crippen molar-refractivity contribution in [1.29, 1.82) is 0 Å². The van der Waals surface area contributed by atoms with Gasteiger partial charge >= 0.3 is 12.0 Å². The van der Waals surface area contributed by atoms with Gasteiger partial charge in [-0.3, -0.25) is 4.79 Å². The fourth-order valence-corrected chi connectivity index (χ4v) is 2.32. The van der Waals surface area contributed by atoms with Crippen LogP contribution in [0.25, 0.3) is 0 Å². The highest BCUT2D eigenvalue weighted by molar-refractivity contribution is 7.09. The molecule has 0 radical (unpaired) electrons. The molecule has 1 rings (SSSR count). The molecule has 6 nitrogen and oxygen atoms in total. The first kappa shape index (κ1) is 15.4. The molecule has 2 amide bonds. The molecule has 106 valence electrons. The third-order valence-corrected chi connectivity index (χ3v) is 3.57. The summed E-state index contributed by atoms with van der Waals surface area (Å²) in [4.78, 5) is 26.4. The van der Waals surface area contributed by atoms with Crippen molar-refractivity contribution in [2.75, 3.05) is 6.54 Å². The lowest BCUT2D eigenvalue weighted by Gasteiger charge is -2.15. The molecule has 1 heterocycles. The second-order valence-electron chi connectivity index (χ2n) is 4.24. The molecule has 0 aliphatic rings. The molecular formula is C12H19N3O3S. The summed E-state index contributed by atoms with van der Waals surface area (Å²) in [7, 11) is 0. The molecule has 0 aromatic carbocycles. The van der Waals surface area contributed by atoms with Gasteiger partial charge in [0.2, 0.25) is 0 Å². The lowest BCUT2D eigenvalue weighted by molar-refractivity contribution is -0.137. The van der Waals surface area contributed by atoms with E-state index in [1.54, 1.807) is 11.3 Å². The Morgan fingerprint density at radius 1 is 1.53 bits per heavy atom. The van der Waals surface area contributed by atoms with Crippen LogP contribution in [0.1, 0.15) is 30.5 Å². The Bertz CT molecular complexity index is 434. The predicted molar refractivity (Wildman–Crippen MR) is 73.4 cm³/mol. The van der Waals surface area contributed by atoms with Gasteiger partial charge in [0.1, 0.15) is 0 Å². The third kappa shape index (κ3) is 6.19. The summed E-state index contributed by atoms with van der Waals surface area (Å²) in [6, 6.07) is -0.666. The zero-order valence-corrected chi connectivity index (χ0v) is 11.9. The number of rotatable bonds is 7. The van der Waals surface area contributed by atoms with Crippen LogP contribution in [0.5, 0.6) is 0 Å². The van der Waals surface area contributed by atoms with Crippen LogP contribution in [0.3, 0.4) is 0 Å². The van der Waals surface area contributed by atoms with Gasteiger partial charge in [0.05, 0.1) is 11.4 Å². The van der Waals surface area contributed by atoms with Crippen LogP contribution in [0, 0.1) is 6.92 Å². The standard InChI is InChI=1S/C12H19N3O3S/c1-3-9(6-11(16)17)15-12(18)13-5-4-10-14-8(2)7-19-10/h7,9H,3-6H2,1-2H3,(H,16,17)(H2,13,15,18). The van der Waals surface area contributed by atoms with Gasteiger partial charge in [-0.1, -0.05) is 6.92 Å². The van der Waals surface area contributed by atoms with E-state index in [9.17, 15) is 9.59 Å². The van der Waals surface area contributed by atoms with Gasteiger partial charge in [-0.2, -0.15) is 0 Å². The number of nitrogens with one attached hydrogen (secondary N) is 2. The second kappa shape index (κ2) is 7.73. The number of hydrogen-bond acceptors (Lipinski definition) is 4. The minimum atomic E-state index is -0.912. The minimum Gasteiger partial charge on any atom is -0.481 e. The van der Waals surface area contributed by atoms with Gasteiger partial charge in [0.15, 0.2) is 0 Å². The van der Waals surface area contributed by atoms with Gasteiger partial charge in [-0.25, -0.2) is 9.78 Å². The zero-order chi connectivity index (χ0) is 14.3. The van der Waals surface area contributed by atoms with Crippen LogP contribution < -0.4 is 10.6 Å². The number of thiazole rings is 1. The topological polar surface area (TPSA) is 91.3 Å². The first-order valence-electron chi connectivity index (χ1n) is 6.18. The summed E-state index contributed by atoms with van der Waals surface area (Å²) in [5, 5.41) is 17.0. The summed E-state index contributed by atoms with van der Waals surface area (Å²) in [6.07, 6.45) is 1.21. The zero-order valence-electron chi connectivity index (χ0n) is 11.1. The van der Waals surface area contributed by atoms with Crippen molar-refractivity contribution < 1.29 is 14.7 Å². The Balaban J connectivity index is 2.25. The van der Waals surface area contributed by atoms with E-state index in [1.807, 2.05) is 19.2 Å². The normalized spacial score (nSPS) is 11.9. The number of urea groups is 1. The van der Waals surface area contributed by atoms with Gasteiger partial charge in [0, 0.05) is 30.1 Å². The number of amides is 2. The monoisotopic (exact) mass is 285 g/mol. The molecule has 0 spiro atoms. The summed E-state index contributed by atoms with van der Waals surface area (Å²) in [5.74, 6) is -0.912. The van der Waals surface area contributed by atoms with Gasteiger partial charge in [-0.05, 0) is 13.3 Å². The summed E-state index contributed by atoms with van der Waals surface area (Å²) in [5.41, 5.74) is 0.983. The van der Waals surface area contributed by atoms with E-state index in [4.69, 9.17) is 5.11 Å². The fraction of sp³-hybridized carbons (Fsp3) is 0.583. The number of nitrogens with zero attached hydrogens (tertiary/aromatic N) is 1. The Kier molecular flexibility index (Phi) is 6.27. The molecule has 0 aliphatic carbocycles. The molecule has 0 saturated heterocycles. The molecule has 1 aromatic heterocycles. The molecule has 7 heteroatoms. The van der Waals surface area contributed by atoms with Crippen LogP contribution in [-0.2, 0) is 11.2 Å². The second-order valence-corrected chi connectivity index (χ2v) is 5.18. The third-order valence-electron chi connectivity index (χ3n) is 2.54. The Morgan fingerprint density at radius 2 is 2.26 bits per heavy atom. The summed E-state index contributed by atoms with van der Waals surface area (Å²) >= 11 is 1.57. The lowest BCUT2D eigenvalue weighted by atomic mass is 10.1. The SMILES string of the molecule is CCC(CC(=O)O)NC(=O)NCCc1nc(C)cs1. The van der Waals surface area contributed by atoms with Crippen molar-refractivity contribution in [3.63, 3.8) is 0 Å². The molecule has 19 heavy (non-hydrogen) atoms. The average Bonchev–Trinajstić information content (AvgIpc) is 2.73. The Hall–Kier alpha value is -1.63. The number of hydrogen-bond donors (Lipinski definition) is 3. The van der Waals surface area contributed by atoms with Gasteiger partial charge in [-0.15, -0.1) is 11.3 Å². The predicted octanol–water partition coefficient (Wildman–Crippen LogP) is 1.55. The molecule has 0 saturated carbocycles. The van der Waals surface area contributed by atoms with E-state index in [1.165, 1.54) is 0 Å². The highest BCUT2D eigenvalue weighted by Gasteiger charge is 2.13. The smallest absolute Gasteiger partial charge is 0.315 e. The molecule has 1 atom stereocenters. The van der Waals surface area contributed by atoms with Crippen molar-refractivity contribution in [3.8, 4) is 0 Å². The quantitative estimate of drug-likeness (QED) is 0.708. The minimum absolute atomic E-state index is 0.0599. The van der Waals surface area contributed by atoms with Crippen molar-refractivity contribution in [2.24, 2.45) is 0 Å². The molecule has 1 aromatic rings. The highest BCUT2D eigenvalue weighted by Crippen LogP contribution is 2.08. The molecule has 0 fully saturated rings. The fourth-order valence-electron chi connectivity index (χ4n) is 1.55. The van der Waals surface area contributed by atoms with E-state index in [0.717, 1.165) is 10.7 Å². The maximum Gasteiger partial charge on any atom is 0.315 e. The number of aryl methyl sites for hydroxylation is 1. The number of carboxylic acids is 1. The van der Waals surface area contributed by atoms with Crippen LogP contribution in [-0.4, -0.2) is 34.7 Å². The highest BCUT2D eigenvalue weighted by atomic mass is 32.1. The maximum atomic E-state index is 11.6. The Labute approximate surface area is 116 Å². The van der Waals surface area contributed by atoms with E-state index < -0.39 is 5.97 Å². The summed E-state index contributed by atoms with van der Waals surface area (Å²) in [6.45, 7) is 4.26. The first-order chi connectivity index (χ1) is 9.01. The van der Waals surface area contributed by atoms with E-state index in [0.29, 0.717) is 19.4 Å². The van der Waals surface area contributed by atoms with E-state index in [-0.39, 0.29) is 18.5 Å². The van der Waals surface area contributed by atoms with Crippen molar-refractivity contribution in [3.05, 3.63) is 16.1 Å². The lowest BCUT2D eigenvalue weighted by Crippen LogP contribution is -2.43. The number of carbonyl (C=O) groups excluding carboxylic acids is 1. The van der Waals surface area contributed by atoms with Crippen LogP contribution in [0.4, 0.5) is 4.79 Å². The first-order valence-corrected chi connectivity index (χ1v) is 7.06. The molecule has 0 aliphatic heterocycles.